The molecule has 0 aliphatic rings. The number of pyridine rings is 1. The van der Waals surface area contributed by atoms with Gasteiger partial charge in [-0.3, -0.25) is 4.98 Å². The molecule has 2 aromatic rings. The molecular formula is C15H18N2O2. The van der Waals surface area contributed by atoms with Crippen LogP contribution in [0.4, 0.5) is 0 Å². The van der Waals surface area contributed by atoms with Crippen molar-refractivity contribution in [2.45, 2.75) is 13.0 Å². The van der Waals surface area contributed by atoms with Gasteiger partial charge in [0.15, 0.2) is 0 Å². The molecule has 19 heavy (non-hydrogen) atoms. The second-order valence-corrected chi connectivity index (χ2v) is 4.11. The maximum Gasteiger partial charge on any atom is 0.137 e. The van der Waals surface area contributed by atoms with Crippen molar-refractivity contribution in [3.63, 3.8) is 0 Å². The van der Waals surface area contributed by atoms with Gasteiger partial charge < -0.3 is 15.2 Å². The topological polar surface area (TPSA) is 57.4 Å². The molecule has 100 valence electrons. The van der Waals surface area contributed by atoms with E-state index in [0.717, 1.165) is 22.6 Å². The first-order chi connectivity index (χ1) is 9.26. The lowest BCUT2D eigenvalue weighted by atomic mass is 10.00. The highest BCUT2D eigenvalue weighted by Crippen LogP contribution is 2.28. The van der Waals surface area contributed by atoms with E-state index in [1.165, 1.54) is 0 Å². The molecule has 4 heteroatoms. The van der Waals surface area contributed by atoms with E-state index in [-0.39, 0.29) is 6.04 Å². The summed E-state index contributed by atoms with van der Waals surface area (Å²) in [7, 11) is 1.64. The van der Waals surface area contributed by atoms with E-state index < -0.39 is 0 Å². The zero-order valence-electron chi connectivity index (χ0n) is 11.2. The highest BCUT2D eigenvalue weighted by atomic mass is 16.5. The molecule has 0 aliphatic heterocycles. The highest BCUT2D eigenvalue weighted by Gasteiger charge is 2.14. The Labute approximate surface area is 113 Å². The summed E-state index contributed by atoms with van der Waals surface area (Å²) in [6.07, 6.45) is 3.43. The first-order valence-electron chi connectivity index (χ1n) is 6.22. The average Bonchev–Trinajstić information content (AvgIpc) is 2.47. The van der Waals surface area contributed by atoms with Gasteiger partial charge in [-0.25, -0.2) is 0 Å². The van der Waals surface area contributed by atoms with Crippen LogP contribution in [0.2, 0.25) is 0 Å². The van der Waals surface area contributed by atoms with Gasteiger partial charge in [0.1, 0.15) is 11.5 Å². The Morgan fingerprint density at radius 2 is 2.05 bits per heavy atom. The van der Waals surface area contributed by atoms with Crippen LogP contribution in [0.5, 0.6) is 11.5 Å². The average molecular weight is 258 g/mol. The molecule has 2 N–H and O–H groups in total. The lowest BCUT2D eigenvalue weighted by Crippen LogP contribution is -2.13. The van der Waals surface area contributed by atoms with E-state index >= 15 is 0 Å². The van der Waals surface area contributed by atoms with Gasteiger partial charge in [-0.05, 0) is 24.6 Å². The number of hydrogen-bond acceptors (Lipinski definition) is 4. The maximum atomic E-state index is 6.28. The van der Waals surface area contributed by atoms with Crippen molar-refractivity contribution in [1.29, 1.82) is 0 Å². The fraction of sp³-hybridized carbons (Fsp3) is 0.267. The summed E-state index contributed by atoms with van der Waals surface area (Å²) in [5.41, 5.74) is 8.11. The lowest BCUT2D eigenvalue weighted by Gasteiger charge is -2.16. The number of rotatable bonds is 5. The van der Waals surface area contributed by atoms with E-state index in [4.69, 9.17) is 15.2 Å². The fourth-order valence-corrected chi connectivity index (χ4v) is 1.95. The molecule has 2 rings (SSSR count). The van der Waals surface area contributed by atoms with E-state index in [1.807, 2.05) is 37.3 Å². The van der Waals surface area contributed by atoms with Gasteiger partial charge in [0.25, 0.3) is 0 Å². The number of benzene rings is 1. The third kappa shape index (κ3) is 3.03. The van der Waals surface area contributed by atoms with Gasteiger partial charge >= 0.3 is 0 Å². The zero-order chi connectivity index (χ0) is 13.7. The largest absolute Gasteiger partial charge is 0.496 e. The molecule has 0 saturated carbocycles. The summed E-state index contributed by atoms with van der Waals surface area (Å²) < 4.78 is 10.8. The van der Waals surface area contributed by atoms with Crippen LogP contribution in [0.3, 0.4) is 0 Å². The van der Waals surface area contributed by atoms with Crippen LogP contribution in [0.25, 0.3) is 0 Å². The molecule has 0 spiro atoms. The summed E-state index contributed by atoms with van der Waals surface area (Å²) in [4.78, 5) is 4.16. The summed E-state index contributed by atoms with van der Waals surface area (Å²) in [5.74, 6) is 1.50. The number of ether oxygens (including phenoxy) is 2. The SMILES string of the molecule is CCOc1cncc(C(N)c2ccccc2OC)c1. The molecule has 0 saturated heterocycles. The molecule has 0 radical (unpaired) electrons. The van der Waals surface area contributed by atoms with Crippen molar-refractivity contribution in [2.24, 2.45) is 5.73 Å². The first-order valence-corrected chi connectivity index (χ1v) is 6.22. The van der Waals surface area contributed by atoms with Crippen molar-refractivity contribution in [3.05, 3.63) is 53.9 Å². The Morgan fingerprint density at radius 1 is 1.26 bits per heavy atom. The lowest BCUT2D eigenvalue weighted by molar-refractivity contribution is 0.338. The quantitative estimate of drug-likeness (QED) is 0.895. The maximum absolute atomic E-state index is 6.28. The minimum atomic E-state index is -0.288. The van der Waals surface area contributed by atoms with E-state index in [1.54, 1.807) is 19.5 Å². The fourth-order valence-electron chi connectivity index (χ4n) is 1.95. The molecule has 1 aromatic carbocycles. The van der Waals surface area contributed by atoms with Gasteiger partial charge in [-0.1, -0.05) is 18.2 Å². The van der Waals surface area contributed by atoms with Crippen LogP contribution in [-0.2, 0) is 0 Å². The monoisotopic (exact) mass is 258 g/mol. The Bertz CT molecular complexity index is 543. The van der Waals surface area contributed by atoms with Gasteiger partial charge in [-0.2, -0.15) is 0 Å². The van der Waals surface area contributed by atoms with Crippen LogP contribution in [-0.4, -0.2) is 18.7 Å². The van der Waals surface area contributed by atoms with Crippen LogP contribution in [0, 0.1) is 0 Å². The second kappa shape index (κ2) is 6.20. The molecule has 0 bridgehead atoms. The molecule has 1 aromatic heterocycles. The standard InChI is InChI=1S/C15H18N2O2/c1-3-19-12-8-11(9-17-10-12)15(16)13-6-4-5-7-14(13)18-2/h4-10,15H,3,16H2,1-2H3. The predicted octanol–water partition coefficient (Wildman–Crippen LogP) is 2.54. The Kier molecular flexibility index (Phi) is 4.36. The molecule has 0 fully saturated rings. The smallest absolute Gasteiger partial charge is 0.137 e. The number of hydrogen-bond donors (Lipinski definition) is 1. The number of para-hydroxylation sites is 1. The zero-order valence-corrected chi connectivity index (χ0v) is 11.2. The number of nitrogens with two attached hydrogens (primary N) is 1. The van der Waals surface area contributed by atoms with Gasteiger partial charge in [0, 0.05) is 11.8 Å². The predicted molar refractivity (Wildman–Crippen MR) is 74.4 cm³/mol. The second-order valence-electron chi connectivity index (χ2n) is 4.11. The van der Waals surface area contributed by atoms with Crippen LogP contribution in [0.15, 0.2) is 42.7 Å². The number of aromatic nitrogens is 1. The van der Waals surface area contributed by atoms with Gasteiger partial charge in [0.2, 0.25) is 0 Å². The summed E-state index contributed by atoms with van der Waals surface area (Å²) in [6, 6.07) is 9.34. The van der Waals surface area contributed by atoms with Crippen molar-refractivity contribution < 1.29 is 9.47 Å². The van der Waals surface area contributed by atoms with Crippen molar-refractivity contribution in [1.82, 2.24) is 4.98 Å². The normalized spacial score (nSPS) is 11.9. The summed E-state index contributed by atoms with van der Waals surface area (Å²) in [6.45, 7) is 2.54. The minimum Gasteiger partial charge on any atom is -0.496 e. The van der Waals surface area contributed by atoms with Crippen LogP contribution >= 0.6 is 0 Å². The van der Waals surface area contributed by atoms with Gasteiger partial charge in [-0.15, -0.1) is 0 Å². The van der Waals surface area contributed by atoms with Gasteiger partial charge in [0.05, 0.1) is 26.0 Å². The molecule has 1 heterocycles. The first kappa shape index (κ1) is 13.4. The third-order valence-corrected chi connectivity index (χ3v) is 2.88. The summed E-state index contributed by atoms with van der Waals surface area (Å²) >= 11 is 0. The van der Waals surface area contributed by atoms with E-state index in [2.05, 4.69) is 4.98 Å². The van der Waals surface area contributed by atoms with Crippen LogP contribution < -0.4 is 15.2 Å². The van der Waals surface area contributed by atoms with Crippen molar-refractivity contribution >= 4 is 0 Å². The molecule has 1 atom stereocenters. The van der Waals surface area contributed by atoms with E-state index in [9.17, 15) is 0 Å². The minimum absolute atomic E-state index is 0.288. The summed E-state index contributed by atoms with van der Waals surface area (Å²) in [5, 5.41) is 0. The Morgan fingerprint density at radius 3 is 2.79 bits per heavy atom. The molecule has 4 nitrogen and oxygen atoms in total. The molecule has 1 unspecified atom stereocenters. The Hall–Kier alpha value is -2.07. The third-order valence-electron chi connectivity index (χ3n) is 2.88. The van der Waals surface area contributed by atoms with Crippen molar-refractivity contribution in [2.75, 3.05) is 13.7 Å². The molecule has 0 aliphatic carbocycles. The van der Waals surface area contributed by atoms with E-state index in [0.29, 0.717) is 6.61 Å². The van der Waals surface area contributed by atoms with Crippen LogP contribution in [0.1, 0.15) is 24.1 Å². The van der Waals surface area contributed by atoms with Crippen molar-refractivity contribution in [3.8, 4) is 11.5 Å². The number of methoxy groups -OCH3 is 1. The highest BCUT2D eigenvalue weighted by molar-refractivity contribution is 5.41. The number of nitrogens with zero attached hydrogens (tertiary/aromatic N) is 1. The molecule has 0 amide bonds. The Balaban J connectivity index is 2.32. The molecular weight excluding hydrogens is 240 g/mol.